The van der Waals surface area contributed by atoms with Gasteiger partial charge in [0, 0.05) is 6.42 Å². The maximum absolute atomic E-state index is 11.8. The molecule has 0 N–H and O–H groups in total. The van der Waals surface area contributed by atoms with Gasteiger partial charge in [-0.1, -0.05) is 25.6 Å². The van der Waals surface area contributed by atoms with Gasteiger partial charge in [-0.3, -0.25) is 4.79 Å². The Bertz CT molecular complexity index is 383. The summed E-state index contributed by atoms with van der Waals surface area (Å²) >= 11 is 0. The van der Waals surface area contributed by atoms with E-state index >= 15 is 0 Å². The molecule has 16 heavy (non-hydrogen) atoms. The summed E-state index contributed by atoms with van der Waals surface area (Å²) in [5.41, 5.74) is 0.509. The maximum Gasteiger partial charge on any atom is 0.170 e. The normalized spacial score (nSPS) is 9.62. The Kier molecular flexibility index (Phi) is 4.58. The van der Waals surface area contributed by atoms with Crippen LogP contribution in [0.25, 0.3) is 0 Å². The first-order chi connectivity index (χ1) is 7.74. The first kappa shape index (κ1) is 12.3. The van der Waals surface area contributed by atoms with Gasteiger partial charge in [0.25, 0.3) is 0 Å². The molecule has 0 bridgehead atoms. The van der Waals surface area contributed by atoms with E-state index in [9.17, 15) is 4.79 Å². The average Bonchev–Trinajstić information content (AvgIpc) is 2.34. The fraction of sp³-hybridized carbons (Fsp3) is 0.308. The van der Waals surface area contributed by atoms with Crippen LogP contribution in [0.1, 0.15) is 23.7 Å². The summed E-state index contributed by atoms with van der Waals surface area (Å²) in [5.74, 6) is 1.11. The molecule has 0 heterocycles. The Morgan fingerprint density at radius 2 is 2.12 bits per heavy atom. The van der Waals surface area contributed by atoms with Crippen LogP contribution in [0.5, 0.6) is 11.5 Å². The molecular weight excluding hydrogens is 204 g/mol. The molecule has 0 radical (unpaired) electrons. The monoisotopic (exact) mass is 220 g/mol. The van der Waals surface area contributed by atoms with E-state index in [1.807, 2.05) is 6.92 Å². The molecule has 3 heteroatoms. The number of ether oxygens (including phenoxy) is 2. The van der Waals surface area contributed by atoms with Gasteiger partial charge in [-0.15, -0.1) is 0 Å². The Balaban J connectivity index is 3.14. The van der Waals surface area contributed by atoms with Crippen LogP contribution in [0.15, 0.2) is 30.9 Å². The summed E-state index contributed by atoms with van der Waals surface area (Å²) in [6.45, 7) is 5.76. The molecule has 0 atom stereocenters. The molecule has 3 nitrogen and oxygen atoms in total. The van der Waals surface area contributed by atoms with E-state index in [0.29, 0.717) is 30.1 Å². The van der Waals surface area contributed by atoms with E-state index < -0.39 is 0 Å². The predicted molar refractivity (Wildman–Crippen MR) is 63.3 cm³/mol. The lowest BCUT2D eigenvalue weighted by atomic mass is 10.1. The summed E-state index contributed by atoms with van der Waals surface area (Å²) in [4.78, 5) is 11.8. The molecule has 1 aromatic carbocycles. The molecule has 0 saturated carbocycles. The molecule has 0 saturated heterocycles. The van der Waals surface area contributed by atoms with Gasteiger partial charge in [0.05, 0.1) is 7.11 Å². The average molecular weight is 220 g/mol. The van der Waals surface area contributed by atoms with Gasteiger partial charge in [-0.05, 0) is 12.1 Å². The van der Waals surface area contributed by atoms with E-state index in [1.165, 1.54) is 0 Å². The quantitative estimate of drug-likeness (QED) is 0.546. The topological polar surface area (TPSA) is 35.5 Å². The molecule has 0 spiro atoms. The molecular formula is C13H16O3. The fourth-order valence-corrected chi connectivity index (χ4v) is 1.40. The van der Waals surface area contributed by atoms with Gasteiger partial charge in [0.1, 0.15) is 23.7 Å². The van der Waals surface area contributed by atoms with Crippen molar-refractivity contribution in [2.75, 3.05) is 13.7 Å². The minimum absolute atomic E-state index is 0.0107. The van der Waals surface area contributed by atoms with Crippen LogP contribution in [0.2, 0.25) is 0 Å². The van der Waals surface area contributed by atoms with Crippen LogP contribution >= 0.6 is 0 Å². The molecule has 0 unspecified atom stereocenters. The molecule has 0 amide bonds. The van der Waals surface area contributed by atoms with Crippen LogP contribution < -0.4 is 9.47 Å². The number of carbonyl (C=O) groups is 1. The second kappa shape index (κ2) is 5.95. The smallest absolute Gasteiger partial charge is 0.170 e. The Morgan fingerprint density at radius 3 is 2.69 bits per heavy atom. The summed E-state index contributed by atoms with van der Waals surface area (Å²) in [6, 6.07) is 5.31. The number of benzene rings is 1. The first-order valence-electron chi connectivity index (χ1n) is 5.18. The first-order valence-corrected chi connectivity index (χ1v) is 5.18. The van der Waals surface area contributed by atoms with Gasteiger partial charge in [0.2, 0.25) is 0 Å². The van der Waals surface area contributed by atoms with Crippen LogP contribution in [0.3, 0.4) is 0 Å². The molecule has 1 rings (SSSR count). The fourth-order valence-electron chi connectivity index (χ4n) is 1.40. The third kappa shape index (κ3) is 2.63. The van der Waals surface area contributed by atoms with Crippen molar-refractivity contribution in [1.82, 2.24) is 0 Å². The zero-order chi connectivity index (χ0) is 12.0. The summed E-state index contributed by atoms with van der Waals surface area (Å²) in [7, 11) is 1.54. The van der Waals surface area contributed by atoms with Crippen LogP contribution in [-0.4, -0.2) is 19.5 Å². The lowest BCUT2D eigenvalue weighted by molar-refractivity contribution is 0.0981. The van der Waals surface area contributed by atoms with Crippen LogP contribution in [-0.2, 0) is 0 Å². The van der Waals surface area contributed by atoms with Crippen LogP contribution in [0, 0.1) is 0 Å². The van der Waals surface area contributed by atoms with Gasteiger partial charge < -0.3 is 9.47 Å². The van der Waals surface area contributed by atoms with Crippen molar-refractivity contribution in [2.24, 2.45) is 0 Å². The highest BCUT2D eigenvalue weighted by Crippen LogP contribution is 2.29. The van der Waals surface area contributed by atoms with Gasteiger partial charge >= 0.3 is 0 Å². The van der Waals surface area contributed by atoms with Crippen molar-refractivity contribution in [3.63, 3.8) is 0 Å². The summed E-state index contributed by atoms with van der Waals surface area (Å²) in [6.07, 6.45) is 2.06. The van der Waals surface area contributed by atoms with Crippen molar-refractivity contribution in [3.8, 4) is 11.5 Å². The minimum Gasteiger partial charge on any atom is -0.496 e. The Morgan fingerprint density at radius 1 is 1.44 bits per heavy atom. The molecule has 86 valence electrons. The second-order valence-corrected chi connectivity index (χ2v) is 3.21. The molecule has 0 fully saturated rings. The number of rotatable bonds is 6. The molecule has 0 aromatic heterocycles. The highest BCUT2D eigenvalue weighted by Gasteiger charge is 2.16. The number of Topliss-reactive ketones (excluding diaryl/α,β-unsaturated/α-hetero) is 1. The van der Waals surface area contributed by atoms with E-state index in [-0.39, 0.29) is 5.78 Å². The maximum atomic E-state index is 11.8. The Hall–Kier alpha value is -1.77. The molecule has 0 aliphatic heterocycles. The highest BCUT2D eigenvalue weighted by atomic mass is 16.5. The van der Waals surface area contributed by atoms with Crippen molar-refractivity contribution >= 4 is 5.78 Å². The molecule has 1 aromatic rings. The predicted octanol–water partition coefficient (Wildman–Crippen LogP) is 2.85. The number of carbonyl (C=O) groups excluding carboxylic acids is 1. The van der Waals surface area contributed by atoms with Crippen molar-refractivity contribution in [2.45, 2.75) is 13.3 Å². The second-order valence-electron chi connectivity index (χ2n) is 3.21. The SMILES string of the molecule is C=CCOc1cccc(OC)c1C(=O)CC. The number of hydrogen-bond donors (Lipinski definition) is 0. The zero-order valence-electron chi connectivity index (χ0n) is 9.66. The number of hydrogen-bond acceptors (Lipinski definition) is 3. The van der Waals surface area contributed by atoms with E-state index in [0.717, 1.165) is 0 Å². The zero-order valence-corrected chi connectivity index (χ0v) is 9.66. The molecule has 0 aliphatic rings. The van der Waals surface area contributed by atoms with E-state index in [2.05, 4.69) is 6.58 Å². The highest BCUT2D eigenvalue weighted by molar-refractivity contribution is 6.01. The lowest BCUT2D eigenvalue weighted by Crippen LogP contribution is -2.05. The van der Waals surface area contributed by atoms with E-state index in [4.69, 9.17) is 9.47 Å². The lowest BCUT2D eigenvalue weighted by Gasteiger charge is -2.12. The standard InChI is InChI=1S/C13H16O3/c1-4-9-16-12-8-6-7-11(15-3)13(12)10(14)5-2/h4,6-8H,1,5,9H2,2-3H3. The minimum atomic E-state index is 0.0107. The van der Waals surface area contributed by atoms with Crippen molar-refractivity contribution in [3.05, 3.63) is 36.4 Å². The third-order valence-corrected chi connectivity index (χ3v) is 2.16. The van der Waals surface area contributed by atoms with Crippen molar-refractivity contribution < 1.29 is 14.3 Å². The van der Waals surface area contributed by atoms with E-state index in [1.54, 1.807) is 31.4 Å². The summed E-state index contributed by atoms with van der Waals surface area (Å²) < 4.78 is 10.6. The van der Waals surface area contributed by atoms with Gasteiger partial charge in [-0.25, -0.2) is 0 Å². The summed E-state index contributed by atoms with van der Waals surface area (Å²) in [5, 5.41) is 0. The van der Waals surface area contributed by atoms with Crippen molar-refractivity contribution in [1.29, 1.82) is 0 Å². The Labute approximate surface area is 95.7 Å². The number of ketones is 1. The largest absolute Gasteiger partial charge is 0.496 e. The number of methoxy groups -OCH3 is 1. The van der Waals surface area contributed by atoms with Gasteiger partial charge in [0.15, 0.2) is 5.78 Å². The molecule has 0 aliphatic carbocycles. The van der Waals surface area contributed by atoms with Gasteiger partial charge in [-0.2, -0.15) is 0 Å². The van der Waals surface area contributed by atoms with Crippen LogP contribution in [0.4, 0.5) is 0 Å². The third-order valence-electron chi connectivity index (χ3n) is 2.16.